The Morgan fingerprint density at radius 2 is 2.00 bits per heavy atom. The number of esters is 1. The molecule has 0 bridgehead atoms. The number of hydrogen-bond acceptors (Lipinski definition) is 5. The minimum atomic E-state index is -0.392. The molecule has 1 aromatic carbocycles. The van der Waals surface area contributed by atoms with E-state index in [1.807, 2.05) is 6.07 Å². The van der Waals surface area contributed by atoms with Crippen molar-refractivity contribution in [3.8, 4) is 0 Å². The summed E-state index contributed by atoms with van der Waals surface area (Å²) in [6, 6.07) is 5.25. The maximum atomic E-state index is 11.9. The molecule has 1 aromatic rings. The SMILES string of the molecule is COC(=O)c1cc(N)ccc1N1CCC(CC(N)=O)CC1. The van der Waals surface area contributed by atoms with Gasteiger partial charge in [0, 0.05) is 25.2 Å². The van der Waals surface area contributed by atoms with Crippen molar-refractivity contribution >= 4 is 23.3 Å². The van der Waals surface area contributed by atoms with Gasteiger partial charge in [-0.15, -0.1) is 0 Å². The number of carbonyl (C=O) groups excluding carboxylic acids is 2. The van der Waals surface area contributed by atoms with E-state index in [2.05, 4.69) is 4.90 Å². The second kappa shape index (κ2) is 6.47. The Morgan fingerprint density at radius 3 is 2.57 bits per heavy atom. The molecule has 0 unspecified atom stereocenters. The van der Waals surface area contributed by atoms with Crippen molar-refractivity contribution in [3.05, 3.63) is 23.8 Å². The van der Waals surface area contributed by atoms with E-state index in [0.717, 1.165) is 31.6 Å². The molecule has 0 aliphatic carbocycles. The molecule has 0 aromatic heterocycles. The summed E-state index contributed by atoms with van der Waals surface area (Å²) in [7, 11) is 1.36. The molecule has 6 nitrogen and oxygen atoms in total. The Morgan fingerprint density at radius 1 is 1.33 bits per heavy atom. The molecular formula is C15H21N3O3. The molecule has 1 saturated heterocycles. The standard InChI is InChI=1S/C15H21N3O3/c1-21-15(20)12-9-11(16)2-3-13(12)18-6-4-10(5-7-18)8-14(17)19/h2-3,9-10H,4-8,16H2,1H3,(H2,17,19). The monoisotopic (exact) mass is 291 g/mol. The zero-order chi connectivity index (χ0) is 15.4. The van der Waals surface area contributed by atoms with Crippen LogP contribution in [0.4, 0.5) is 11.4 Å². The molecule has 114 valence electrons. The molecular weight excluding hydrogens is 270 g/mol. The summed E-state index contributed by atoms with van der Waals surface area (Å²) in [6.45, 7) is 1.57. The zero-order valence-electron chi connectivity index (χ0n) is 12.2. The van der Waals surface area contributed by atoms with Gasteiger partial charge in [0.15, 0.2) is 0 Å². The number of nitrogens with two attached hydrogens (primary N) is 2. The number of piperidine rings is 1. The normalized spacial score (nSPS) is 15.8. The number of rotatable bonds is 4. The lowest BCUT2D eigenvalue weighted by atomic mass is 9.92. The Labute approximate surface area is 124 Å². The van der Waals surface area contributed by atoms with Crippen LogP contribution in [-0.2, 0) is 9.53 Å². The smallest absolute Gasteiger partial charge is 0.340 e. The predicted octanol–water partition coefficient (Wildman–Crippen LogP) is 1.15. The van der Waals surface area contributed by atoms with Crippen LogP contribution in [-0.4, -0.2) is 32.1 Å². The average Bonchev–Trinajstić information content (AvgIpc) is 2.47. The number of nitrogens with zero attached hydrogens (tertiary/aromatic N) is 1. The highest BCUT2D eigenvalue weighted by molar-refractivity contribution is 5.97. The molecule has 1 aliphatic rings. The summed E-state index contributed by atoms with van der Waals surface area (Å²) in [5.74, 6) is -0.318. The molecule has 21 heavy (non-hydrogen) atoms. The fraction of sp³-hybridized carbons (Fsp3) is 0.467. The highest BCUT2D eigenvalue weighted by Gasteiger charge is 2.24. The molecule has 0 atom stereocenters. The van der Waals surface area contributed by atoms with Gasteiger partial charge >= 0.3 is 5.97 Å². The van der Waals surface area contributed by atoms with Crippen LogP contribution in [0.2, 0.25) is 0 Å². The van der Waals surface area contributed by atoms with Crippen molar-refractivity contribution in [2.75, 3.05) is 30.8 Å². The first-order chi connectivity index (χ1) is 10.0. The van der Waals surface area contributed by atoms with Crippen molar-refractivity contribution in [1.29, 1.82) is 0 Å². The highest BCUT2D eigenvalue weighted by Crippen LogP contribution is 2.29. The first-order valence-corrected chi connectivity index (χ1v) is 7.02. The van der Waals surface area contributed by atoms with Crippen LogP contribution in [0.3, 0.4) is 0 Å². The fourth-order valence-electron chi connectivity index (χ4n) is 2.77. The summed E-state index contributed by atoms with van der Waals surface area (Å²) in [5, 5.41) is 0. The molecule has 1 aliphatic heterocycles. The van der Waals surface area contributed by atoms with Gasteiger partial charge in [-0.3, -0.25) is 4.79 Å². The van der Waals surface area contributed by atoms with Crippen LogP contribution >= 0.6 is 0 Å². The van der Waals surface area contributed by atoms with Crippen molar-refractivity contribution in [2.24, 2.45) is 11.7 Å². The van der Waals surface area contributed by atoms with Crippen LogP contribution in [0.25, 0.3) is 0 Å². The van der Waals surface area contributed by atoms with E-state index in [0.29, 0.717) is 23.6 Å². The molecule has 0 radical (unpaired) electrons. The molecule has 1 heterocycles. The van der Waals surface area contributed by atoms with Crippen LogP contribution in [0.5, 0.6) is 0 Å². The van der Waals surface area contributed by atoms with Crippen molar-refractivity contribution < 1.29 is 14.3 Å². The summed E-state index contributed by atoms with van der Waals surface area (Å²) in [4.78, 5) is 25.0. The van der Waals surface area contributed by atoms with Gasteiger partial charge in [-0.05, 0) is 37.0 Å². The minimum absolute atomic E-state index is 0.254. The van der Waals surface area contributed by atoms with E-state index < -0.39 is 5.97 Å². The molecule has 0 saturated carbocycles. The second-order valence-corrected chi connectivity index (χ2v) is 5.37. The van der Waals surface area contributed by atoms with E-state index in [-0.39, 0.29) is 5.91 Å². The van der Waals surface area contributed by atoms with E-state index >= 15 is 0 Å². The number of ether oxygens (including phenoxy) is 1. The van der Waals surface area contributed by atoms with Gasteiger partial charge < -0.3 is 21.1 Å². The van der Waals surface area contributed by atoms with Crippen molar-refractivity contribution in [1.82, 2.24) is 0 Å². The van der Waals surface area contributed by atoms with Gasteiger partial charge in [0.2, 0.25) is 5.91 Å². The van der Waals surface area contributed by atoms with Crippen LogP contribution in [0, 0.1) is 5.92 Å². The summed E-state index contributed by atoms with van der Waals surface area (Å²) >= 11 is 0. The summed E-state index contributed by atoms with van der Waals surface area (Å²) in [5.41, 5.74) is 12.8. The Bertz CT molecular complexity index is 537. The Balaban J connectivity index is 2.13. The first kappa shape index (κ1) is 15.2. The van der Waals surface area contributed by atoms with E-state index in [1.54, 1.807) is 12.1 Å². The number of benzene rings is 1. The van der Waals surface area contributed by atoms with Crippen LogP contribution < -0.4 is 16.4 Å². The number of amides is 1. The minimum Gasteiger partial charge on any atom is -0.465 e. The van der Waals surface area contributed by atoms with Gasteiger partial charge in [0.25, 0.3) is 0 Å². The maximum Gasteiger partial charge on any atom is 0.340 e. The lowest BCUT2D eigenvalue weighted by Gasteiger charge is -2.34. The van der Waals surface area contributed by atoms with E-state index in [9.17, 15) is 9.59 Å². The maximum absolute atomic E-state index is 11.9. The molecule has 2 rings (SSSR count). The topological polar surface area (TPSA) is 98.7 Å². The van der Waals surface area contributed by atoms with Gasteiger partial charge in [0.05, 0.1) is 18.4 Å². The molecule has 1 amide bonds. The van der Waals surface area contributed by atoms with Crippen LogP contribution in [0.1, 0.15) is 29.6 Å². The third-order valence-electron chi connectivity index (χ3n) is 3.87. The van der Waals surface area contributed by atoms with E-state index in [4.69, 9.17) is 16.2 Å². The lowest BCUT2D eigenvalue weighted by Crippen LogP contribution is -2.36. The summed E-state index contributed by atoms with van der Waals surface area (Å²) < 4.78 is 4.81. The zero-order valence-corrected chi connectivity index (χ0v) is 12.2. The number of carbonyl (C=O) groups is 2. The third-order valence-corrected chi connectivity index (χ3v) is 3.87. The largest absolute Gasteiger partial charge is 0.465 e. The Hall–Kier alpha value is -2.24. The predicted molar refractivity (Wildman–Crippen MR) is 80.9 cm³/mol. The number of nitrogen functional groups attached to an aromatic ring is 1. The quantitative estimate of drug-likeness (QED) is 0.640. The molecule has 6 heteroatoms. The lowest BCUT2D eigenvalue weighted by molar-refractivity contribution is -0.119. The van der Waals surface area contributed by atoms with Gasteiger partial charge in [-0.2, -0.15) is 0 Å². The van der Waals surface area contributed by atoms with Crippen molar-refractivity contribution in [2.45, 2.75) is 19.3 Å². The van der Waals surface area contributed by atoms with Crippen LogP contribution in [0.15, 0.2) is 18.2 Å². The fourth-order valence-corrected chi connectivity index (χ4v) is 2.77. The van der Waals surface area contributed by atoms with Gasteiger partial charge in [-0.25, -0.2) is 4.79 Å². The molecule has 4 N–H and O–H groups in total. The second-order valence-electron chi connectivity index (χ2n) is 5.37. The average molecular weight is 291 g/mol. The van der Waals surface area contributed by atoms with Crippen molar-refractivity contribution in [3.63, 3.8) is 0 Å². The number of hydrogen-bond donors (Lipinski definition) is 2. The Kier molecular flexibility index (Phi) is 4.67. The van der Waals surface area contributed by atoms with Gasteiger partial charge in [0.1, 0.15) is 0 Å². The molecule has 0 spiro atoms. The molecule has 1 fully saturated rings. The first-order valence-electron chi connectivity index (χ1n) is 7.02. The van der Waals surface area contributed by atoms with E-state index in [1.165, 1.54) is 7.11 Å². The van der Waals surface area contributed by atoms with Gasteiger partial charge in [-0.1, -0.05) is 0 Å². The number of primary amides is 1. The number of anilines is 2. The highest BCUT2D eigenvalue weighted by atomic mass is 16.5. The third kappa shape index (κ3) is 3.65. The number of methoxy groups -OCH3 is 1. The summed E-state index contributed by atoms with van der Waals surface area (Å²) in [6.07, 6.45) is 2.20.